The summed E-state index contributed by atoms with van der Waals surface area (Å²) in [7, 11) is 0. The summed E-state index contributed by atoms with van der Waals surface area (Å²) in [6.07, 6.45) is 2.38. The first-order chi connectivity index (χ1) is 13.5. The van der Waals surface area contributed by atoms with Crippen molar-refractivity contribution in [2.75, 3.05) is 5.32 Å². The summed E-state index contributed by atoms with van der Waals surface area (Å²) in [5, 5.41) is 13.2. The van der Waals surface area contributed by atoms with Gasteiger partial charge >= 0.3 is 6.03 Å². The zero-order valence-electron chi connectivity index (χ0n) is 16.4. The van der Waals surface area contributed by atoms with Crippen molar-refractivity contribution in [3.8, 4) is 11.4 Å². The van der Waals surface area contributed by atoms with Crippen molar-refractivity contribution in [1.82, 2.24) is 20.5 Å². The van der Waals surface area contributed by atoms with Crippen LogP contribution in [0.1, 0.15) is 54.2 Å². The molecule has 1 atom stereocenters. The van der Waals surface area contributed by atoms with Crippen molar-refractivity contribution in [2.45, 2.75) is 45.6 Å². The van der Waals surface area contributed by atoms with Crippen LogP contribution in [0.5, 0.6) is 0 Å². The lowest BCUT2D eigenvalue weighted by Crippen LogP contribution is -2.31. The van der Waals surface area contributed by atoms with Crippen LogP contribution in [-0.2, 0) is 0 Å². The van der Waals surface area contributed by atoms with Gasteiger partial charge in [-0.3, -0.25) is 5.10 Å². The summed E-state index contributed by atoms with van der Waals surface area (Å²) in [4.78, 5) is 16.9. The van der Waals surface area contributed by atoms with Gasteiger partial charge in [0.15, 0.2) is 5.82 Å². The number of aryl methyl sites for hydroxylation is 2. The van der Waals surface area contributed by atoms with Crippen molar-refractivity contribution in [3.05, 3.63) is 65.0 Å². The van der Waals surface area contributed by atoms with Gasteiger partial charge in [0.1, 0.15) is 5.82 Å². The van der Waals surface area contributed by atoms with E-state index in [4.69, 9.17) is 0 Å². The van der Waals surface area contributed by atoms with Gasteiger partial charge < -0.3 is 10.6 Å². The number of nitrogens with zero attached hydrogens (tertiary/aromatic N) is 2. The lowest BCUT2D eigenvalue weighted by molar-refractivity contribution is 0.249. The minimum absolute atomic E-state index is 0.0757. The van der Waals surface area contributed by atoms with Gasteiger partial charge in [0.05, 0.1) is 6.04 Å². The molecular formula is C22H25N5O. The molecule has 0 radical (unpaired) electrons. The molecule has 144 valence electrons. The Kier molecular flexibility index (Phi) is 4.86. The van der Waals surface area contributed by atoms with Gasteiger partial charge in [0.2, 0.25) is 0 Å². The van der Waals surface area contributed by atoms with E-state index in [2.05, 4.69) is 57.9 Å². The largest absolute Gasteiger partial charge is 0.331 e. The molecule has 28 heavy (non-hydrogen) atoms. The molecule has 2 aromatic carbocycles. The number of benzene rings is 2. The Morgan fingerprint density at radius 1 is 1.14 bits per heavy atom. The summed E-state index contributed by atoms with van der Waals surface area (Å²) in [6.45, 7) is 6.10. The molecule has 0 spiro atoms. The predicted molar refractivity (Wildman–Crippen MR) is 110 cm³/mol. The number of urea groups is 1. The lowest BCUT2D eigenvalue weighted by Gasteiger charge is -2.18. The number of amides is 2. The number of nitrogens with one attached hydrogen (secondary N) is 3. The molecule has 1 aliphatic rings. The smallest absolute Gasteiger partial charge is 0.319 e. The highest BCUT2D eigenvalue weighted by molar-refractivity contribution is 5.89. The highest BCUT2D eigenvalue weighted by atomic mass is 16.2. The van der Waals surface area contributed by atoms with Crippen molar-refractivity contribution >= 4 is 11.7 Å². The van der Waals surface area contributed by atoms with E-state index in [0.717, 1.165) is 22.6 Å². The van der Waals surface area contributed by atoms with E-state index in [9.17, 15) is 4.79 Å². The quantitative estimate of drug-likeness (QED) is 0.596. The Morgan fingerprint density at radius 3 is 2.61 bits per heavy atom. The van der Waals surface area contributed by atoms with Crippen molar-refractivity contribution in [1.29, 1.82) is 0 Å². The molecule has 1 aliphatic carbocycles. The molecule has 1 aromatic heterocycles. The Labute approximate surface area is 164 Å². The maximum Gasteiger partial charge on any atom is 0.319 e. The fourth-order valence-corrected chi connectivity index (χ4v) is 3.31. The second-order valence-corrected chi connectivity index (χ2v) is 7.58. The van der Waals surface area contributed by atoms with E-state index in [1.807, 2.05) is 31.2 Å². The van der Waals surface area contributed by atoms with E-state index in [-0.39, 0.29) is 12.1 Å². The van der Waals surface area contributed by atoms with Gasteiger partial charge in [-0.2, -0.15) is 5.10 Å². The molecule has 6 nitrogen and oxygen atoms in total. The van der Waals surface area contributed by atoms with Crippen LogP contribution >= 0.6 is 0 Å². The van der Waals surface area contributed by atoms with Crippen LogP contribution in [0.15, 0.2) is 42.5 Å². The number of hydrogen-bond acceptors (Lipinski definition) is 3. The Morgan fingerprint density at radius 2 is 1.89 bits per heavy atom. The minimum atomic E-state index is -0.227. The summed E-state index contributed by atoms with van der Waals surface area (Å²) in [6, 6.07) is 13.5. The van der Waals surface area contributed by atoms with Gasteiger partial charge in [-0.15, -0.1) is 0 Å². The second-order valence-electron chi connectivity index (χ2n) is 7.58. The molecule has 3 aromatic rings. The van der Waals surface area contributed by atoms with Crippen LogP contribution in [0.4, 0.5) is 10.5 Å². The predicted octanol–water partition coefficient (Wildman–Crippen LogP) is 4.85. The maximum atomic E-state index is 12.4. The van der Waals surface area contributed by atoms with Gasteiger partial charge in [-0.1, -0.05) is 23.8 Å². The number of aromatic nitrogens is 3. The van der Waals surface area contributed by atoms with Gasteiger partial charge in [-0.05, 0) is 69.0 Å². The first-order valence-corrected chi connectivity index (χ1v) is 9.67. The van der Waals surface area contributed by atoms with Gasteiger partial charge in [0.25, 0.3) is 0 Å². The Hall–Kier alpha value is -3.15. The Bertz CT molecular complexity index is 988. The number of aromatic amines is 1. The van der Waals surface area contributed by atoms with Gasteiger partial charge in [-0.25, -0.2) is 9.78 Å². The molecule has 1 fully saturated rings. The van der Waals surface area contributed by atoms with Crippen molar-refractivity contribution < 1.29 is 4.79 Å². The highest BCUT2D eigenvalue weighted by Crippen LogP contribution is 2.38. The average Bonchev–Trinajstić information content (AvgIpc) is 3.41. The van der Waals surface area contributed by atoms with Crippen molar-refractivity contribution in [2.24, 2.45) is 0 Å². The second kappa shape index (κ2) is 7.46. The molecule has 2 amide bonds. The first-order valence-electron chi connectivity index (χ1n) is 9.67. The molecule has 1 heterocycles. The summed E-state index contributed by atoms with van der Waals surface area (Å²) in [5.41, 5.74) is 5.13. The lowest BCUT2D eigenvalue weighted by atomic mass is 10.0. The molecule has 6 heteroatoms. The molecule has 1 unspecified atom stereocenters. The van der Waals surface area contributed by atoms with E-state index < -0.39 is 0 Å². The topological polar surface area (TPSA) is 82.7 Å². The normalized spacial score (nSPS) is 14.5. The fourth-order valence-electron chi connectivity index (χ4n) is 3.31. The summed E-state index contributed by atoms with van der Waals surface area (Å²) >= 11 is 0. The van der Waals surface area contributed by atoms with E-state index in [0.29, 0.717) is 11.7 Å². The maximum absolute atomic E-state index is 12.4. The monoisotopic (exact) mass is 375 g/mol. The molecule has 1 saturated carbocycles. The standard InChI is InChI=1S/C22H25N5O/c1-13-4-5-14(2)19(12-13)15(3)23-22(28)24-18-10-8-17(9-11-18)21-25-20(26-27-21)16-6-7-16/h4-5,8-12,15-16H,6-7H2,1-3H3,(H2,23,24,28)(H,25,26,27). The average molecular weight is 375 g/mol. The van der Waals surface area contributed by atoms with Crippen LogP contribution in [0.3, 0.4) is 0 Å². The van der Waals surface area contributed by atoms with E-state index >= 15 is 0 Å². The van der Waals surface area contributed by atoms with Crippen molar-refractivity contribution in [3.63, 3.8) is 0 Å². The van der Waals surface area contributed by atoms with Gasteiger partial charge in [0, 0.05) is 17.2 Å². The number of H-pyrrole nitrogens is 1. The molecule has 0 saturated heterocycles. The SMILES string of the molecule is Cc1ccc(C)c(C(C)NC(=O)Nc2ccc(-c3n[nH]c(C4CC4)n3)cc2)c1. The van der Waals surface area contributed by atoms with Crippen LogP contribution in [-0.4, -0.2) is 21.2 Å². The molecule has 3 N–H and O–H groups in total. The number of carbonyl (C=O) groups excluding carboxylic acids is 1. The molecular weight excluding hydrogens is 350 g/mol. The van der Waals surface area contributed by atoms with Crippen LogP contribution in [0, 0.1) is 13.8 Å². The third kappa shape index (κ3) is 4.06. The molecule has 4 rings (SSSR count). The Balaban J connectivity index is 1.38. The first kappa shape index (κ1) is 18.2. The van der Waals surface area contributed by atoms with Crippen LogP contribution in [0.2, 0.25) is 0 Å². The van der Waals surface area contributed by atoms with E-state index in [1.165, 1.54) is 24.0 Å². The third-order valence-electron chi connectivity index (χ3n) is 5.12. The number of rotatable bonds is 5. The highest BCUT2D eigenvalue weighted by Gasteiger charge is 2.27. The van der Waals surface area contributed by atoms with Crippen LogP contribution < -0.4 is 10.6 Å². The summed E-state index contributed by atoms with van der Waals surface area (Å²) < 4.78 is 0. The summed E-state index contributed by atoms with van der Waals surface area (Å²) in [5.74, 6) is 2.21. The van der Waals surface area contributed by atoms with Crippen LogP contribution in [0.25, 0.3) is 11.4 Å². The molecule has 0 bridgehead atoms. The third-order valence-corrected chi connectivity index (χ3v) is 5.12. The molecule has 0 aliphatic heterocycles. The van der Waals surface area contributed by atoms with E-state index in [1.54, 1.807) is 0 Å². The zero-order chi connectivity index (χ0) is 19.7. The number of hydrogen-bond donors (Lipinski definition) is 3. The fraction of sp³-hybridized carbons (Fsp3) is 0.318. The number of anilines is 1. The minimum Gasteiger partial charge on any atom is -0.331 e. The number of carbonyl (C=O) groups is 1. The zero-order valence-corrected chi connectivity index (χ0v) is 16.4.